The predicted molar refractivity (Wildman–Crippen MR) is 61.4 cm³/mol. The van der Waals surface area contributed by atoms with Crippen LogP contribution in [-0.4, -0.2) is 55.0 Å². The van der Waals surface area contributed by atoms with Crippen molar-refractivity contribution in [2.45, 2.75) is 31.5 Å². The molecule has 9 heteroatoms. The van der Waals surface area contributed by atoms with Crippen molar-refractivity contribution in [3.8, 4) is 0 Å². The van der Waals surface area contributed by atoms with Crippen molar-refractivity contribution >= 4 is 12.2 Å². The molecule has 0 aromatic carbocycles. The first kappa shape index (κ1) is 13.3. The Morgan fingerprint density at radius 1 is 1.50 bits per heavy atom. The van der Waals surface area contributed by atoms with E-state index in [1.165, 1.54) is 6.92 Å². The molecule has 4 atom stereocenters. The quantitative estimate of drug-likeness (QED) is 0.471. The van der Waals surface area contributed by atoms with E-state index in [2.05, 4.69) is 10.1 Å². The van der Waals surface area contributed by atoms with Crippen molar-refractivity contribution < 1.29 is 20.1 Å². The Morgan fingerprint density at radius 3 is 2.72 bits per heavy atom. The fraction of sp³-hybridized carbons (Fsp3) is 0.667. The lowest BCUT2D eigenvalue weighted by Crippen LogP contribution is -2.34. The minimum atomic E-state index is -1.29. The Hall–Kier alpha value is -1.13. The summed E-state index contributed by atoms with van der Waals surface area (Å²) >= 11 is 4.91. The summed E-state index contributed by atoms with van der Waals surface area (Å²) in [6.45, 7) is 1.04. The van der Waals surface area contributed by atoms with Crippen LogP contribution >= 0.6 is 12.2 Å². The van der Waals surface area contributed by atoms with Gasteiger partial charge in [0.15, 0.2) is 11.0 Å². The standard InChI is InChI=1S/C9H13N3O5S/c1-3-7(16)10-9(18)12(11-3)8-6(15)5(14)4(2-13)17-8/h4-6,8,13-15H,2H2,1H3,(H,10,16,18)/t4-,5-,6+,8-/m1/s1. The first-order valence-corrected chi connectivity index (χ1v) is 5.68. The minimum Gasteiger partial charge on any atom is -0.394 e. The summed E-state index contributed by atoms with van der Waals surface area (Å²) in [5.74, 6) is 0. The molecular weight excluding hydrogens is 262 g/mol. The molecule has 0 amide bonds. The van der Waals surface area contributed by atoms with Gasteiger partial charge in [0, 0.05) is 0 Å². The van der Waals surface area contributed by atoms with Gasteiger partial charge >= 0.3 is 0 Å². The number of rotatable bonds is 2. The van der Waals surface area contributed by atoms with E-state index >= 15 is 0 Å². The van der Waals surface area contributed by atoms with Crippen molar-refractivity contribution in [1.82, 2.24) is 14.8 Å². The minimum absolute atomic E-state index is 0.0274. The highest BCUT2D eigenvalue weighted by atomic mass is 32.1. The van der Waals surface area contributed by atoms with Crippen LogP contribution in [0.3, 0.4) is 0 Å². The monoisotopic (exact) mass is 275 g/mol. The maximum Gasteiger partial charge on any atom is 0.273 e. The third-order valence-corrected chi connectivity index (χ3v) is 3.06. The van der Waals surface area contributed by atoms with E-state index in [1.807, 2.05) is 0 Å². The maximum atomic E-state index is 11.3. The topological polar surface area (TPSA) is 121 Å². The first-order chi connectivity index (χ1) is 8.45. The van der Waals surface area contributed by atoms with Crippen molar-refractivity contribution in [2.24, 2.45) is 0 Å². The maximum absolute atomic E-state index is 11.3. The highest BCUT2D eigenvalue weighted by Crippen LogP contribution is 2.28. The highest BCUT2D eigenvalue weighted by Gasteiger charge is 2.44. The molecule has 1 saturated heterocycles. The first-order valence-electron chi connectivity index (χ1n) is 5.28. The average Bonchev–Trinajstić information content (AvgIpc) is 2.61. The zero-order valence-corrected chi connectivity index (χ0v) is 10.3. The molecule has 0 bridgehead atoms. The molecule has 0 saturated carbocycles. The number of H-pyrrole nitrogens is 1. The van der Waals surface area contributed by atoms with Crippen LogP contribution in [0.4, 0.5) is 0 Å². The van der Waals surface area contributed by atoms with E-state index in [9.17, 15) is 15.0 Å². The summed E-state index contributed by atoms with van der Waals surface area (Å²) in [6, 6.07) is 0. The van der Waals surface area contributed by atoms with Gasteiger partial charge in [-0.1, -0.05) is 0 Å². The second kappa shape index (κ2) is 4.86. The van der Waals surface area contributed by atoms with Crippen molar-refractivity contribution in [3.63, 3.8) is 0 Å². The van der Waals surface area contributed by atoms with Gasteiger partial charge in [0.05, 0.1) is 6.61 Å². The number of aromatic nitrogens is 3. The third-order valence-electron chi connectivity index (χ3n) is 2.77. The lowest BCUT2D eigenvalue weighted by atomic mass is 10.1. The van der Waals surface area contributed by atoms with Gasteiger partial charge in [0.1, 0.15) is 24.0 Å². The normalized spacial score (nSPS) is 31.8. The molecule has 8 nitrogen and oxygen atoms in total. The van der Waals surface area contributed by atoms with Crippen LogP contribution in [0.2, 0.25) is 0 Å². The molecule has 1 aromatic heterocycles. The summed E-state index contributed by atoms with van der Waals surface area (Å²) in [5, 5.41) is 32.3. The second-order valence-electron chi connectivity index (χ2n) is 4.02. The van der Waals surface area contributed by atoms with Crippen LogP contribution in [0.1, 0.15) is 11.9 Å². The van der Waals surface area contributed by atoms with Crippen LogP contribution in [0, 0.1) is 11.7 Å². The Balaban J connectivity index is 2.42. The molecule has 1 aromatic rings. The van der Waals surface area contributed by atoms with Crippen LogP contribution in [0.15, 0.2) is 4.79 Å². The SMILES string of the molecule is Cc1nn([C@@H]2O[C@H](CO)[C@@H](O)[C@@H]2O)c(=S)[nH]c1=O. The predicted octanol–water partition coefficient (Wildman–Crippen LogP) is -1.78. The molecule has 2 heterocycles. The van der Waals surface area contributed by atoms with Gasteiger partial charge in [-0.2, -0.15) is 5.10 Å². The average molecular weight is 275 g/mol. The van der Waals surface area contributed by atoms with E-state index in [4.69, 9.17) is 22.1 Å². The fourth-order valence-corrected chi connectivity index (χ4v) is 1.99. The van der Waals surface area contributed by atoms with Crippen LogP contribution in [0.25, 0.3) is 0 Å². The van der Waals surface area contributed by atoms with E-state index in [-0.39, 0.29) is 10.5 Å². The van der Waals surface area contributed by atoms with Gasteiger partial charge in [-0.05, 0) is 19.1 Å². The zero-order chi connectivity index (χ0) is 13.4. The molecule has 0 aliphatic carbocycles. The summed E-state index contributed by atoms with van der Waals surface area (Å²) in [7, 11) is 0. The largest absolute Gasteiger partial charge is 0.394 e. The number of ether oxygens (including phenoxy) is 1. The van der Waals surface area contributed by atoms with Gasteiger partial charge in [0.25, 0.3) is 5.56 Å². The number of nitrogens with zero attached hydrogens (tertiary/aromatic N) is 2. The molecule has 0 spiro atoms. The molecule has 0 unspecified atom stereocenters. The molecule has 18 heavy (non-hydrogen) atoms. The molecule has 0 radical (unpaired) electrons. The van der Waals surface area contributed by atoms with Crippen molar-refractivity contribution in [1.29, 1.82) is 0 Å². The summed E-state index contributed by atoms with van der Waals surface area (Å²) < 4.78 is 6.34. The van der Waals surface area contributed by atoms with Gasteiger partial charge in [0.2, 0.25) is 0 Å². The summed E-state index contributed by atoms with van der Waals surface area (Å²) in [5.41, 5.74) is -0.274. The Morgan fingerprint density at radius 2 is 2.17 bits per heavy atom. The number of hydrogen-bond acceptors (Lipinski definition) is 7. The molecule has 1 aliphatic rings. The van der Waals surface area contributed by atoms with Crippen LogP contribution < -0.4 is 5.56 Å². The Bertz CT molecular complexity index is 556. The Labute approximate surface area is 106 Å². The van der Waals surface area contributed by atoms with Gasteiger partial charge in [-0.3, -0.25) is 9.78 Å². The molecule has 100 valence electrons. The van der Waals surface area contributed by atoms with Gasteiger partial charge in [-0.25, -0.2) is 4.68 Å². The smallest absolute Gasteiger partial charge is 0.273 e. The number of aliphatic hydroxyl groups excluding tert-OH is 3. The number of aliphatic hydroxyl groups is 3. The Kier molecular flexibility index (Phi) is 3.59. The second-order valence-corrected chi connectivity index (χ2v) is 4.40. The molecule has 1 aliphatic heterocycles. The fourth-order valence-electron chi connectivity index (χ4n) is 1.75. The molecule has 4 N–H and O–H groups in total. The van der Waals surface area contributed by atoms with E-state index in [0.29, 0.717) is 0 Å². The molecule has 1 fully saturated rings. The summed E-state index contributed by atoms with van der Waals surface area (Å²) in [4.78, 5) is 13.7. The van der Waals surface area contributed by atoms with Crippen LogP contribution in [-0.2, 0) is 4.74 Å². The highest BCUT2D eigenvalue weighted by molar-refractivity contribution is 7.71. The number of hydrogen-bond donors (Lipinski definition) is 4. The van der Waals surface area contributed by atoms with Gasteiger partial charge < -0.3 is 20.1 Å². The number of aromatic amines is 1. The lowest BCUT2D eigenvalue weighted by Gasteiger charge is -2.17. The molecular formula is C9H13N3O5S. The number of aryl methyl sites for hydroxylation is 1. The third kappa shape index (κ3) is 2.10. The number of nitrogens with one attached hydrogen (secondary N) is 1. The van der Waals surface area contributed by atoms with E-state index in [0.717, 1.165) is 4.68 Å². The molecule has 2 rings (SSSR count). The zero-order valence-electron chi connectivity index (χ0n) is 9.48. The van der Waals surface area contributed by atoms with E-state index < -0.39 is 36.7 Å². The summed E-state index contributed by atoms with van der Waals surface area (Å²) in [6.07, 6.45) is -4.48. The van der Waals surface area contributed by atoms with Gasteiger partial charge in [-0.15, -0.1) is 0 Å². The van der Waals surface area contributed by atoms with Crippen LogP contribution in [0.5, 0.6) is 0 Å². The van der Waals surface area contributed by atoms with Crippen molar-refractivity contribution in [3.05, 3.63) is 20.8 Å². The van der Waals surface area contributed by atoms with Crippen molar-refractivity contribution in [2.75, 3.05) is 6.61 Å². The van der Waals surface area contributed by atoms with E-state index in [1.54, 1.807) is 0 Å². The lowest BCUT2D eigenvalue weighted by molar-refractivity contribution is -0.0609.